The van der Waals surface area contributed by atoms with E-state index >= 15 is 0 Å². The zero-order valence-electron chi connectivity index (χ0n) is 9.18. The molecule has 2 rings (SSSR count). The zero-order chi connectivity index (χ0) is 11.4. The summed E-state index contributed by atoms with van der Waals surface area (Å²) in [7, 11) is 0. The third-order valence-corrected chi connectivity index (χ3v) is 4.28. The van der Waals surface area contributed by atoms with Crippen molar-refractivity contribution in [3.8, 4) is 0 Å². The summed E-state index contributed by atoms with van der Waals surface area (Å²) < 4.78 is 1.84. The molecule has 1 unspecified atom stereocenters. The van der Waals surface area contributed by atoms with Crippen LogP contribution in [0.3, 0.4) is 0 Å². The summed E-state index contributed by atoms with van der Waals surface area (Å²) in [6.07, 6.45) is -0.196. The minimum Gasteiger partial charge on any atom is -0.288 e. The van der Waals surface area contributed by atoms with Gasteiger partial charge in [0.15, 0.2) is 4.32 Å². The third-order valence-electron chi connectivity index (χ3n) is 2.75. The lowest BCUT2D eigenvalue weighted by molar-refractivity contribution is -0.812. The van der Waals surface area contributed by atoms with Gasteiger partial charge in [0.25, 0.3) is 0 Å². The molecule has 0 aromatic rings. The lowest BCUT2D eigenvalue weighted by Crippen LogP contribution is -2.51. The van der Waals surface area contributed by atoms with Crippen molar-refractivity contribution in [2.45, 2.75) is 38.6 Å². The molecule has 82 valence electrons. The molecule has 1 saturated heterocycles. The number of thiocarbonyl (C=S) groups is 1. The van der Waals surface area contributed by atoms with Crippen molar-refractivity contribution < 1.29 is 9.95 Å². The maximum atomic E-state index is 10.1. The van der Waals surface area contributed by atoms with E-state index in [9.17, 15) is 5.21 Å². The number of hydroxylamine groups is 1. The smallest absolute Gasteiger partial charge is 0.288 e. The average Bonchev–Trinajstić information content (AvgIpc) is 2.33. The number of hydrogen-bond donors (Lipinski definition) is 1. The molecular formula is C9H14N3OS2+. The number of hydrazone groups is 1. The van der Waals surface area contributed by atoms with Gasteiger partial charge in [-0.05, 0) is 20.8 Å². The summed E-state index contributed by atoms with van der Waals surface area (Å²) >= 11 is 6.82. The molecule has 0 amide bonds. The fourth-order valence-corrected chi connectivity index (χ4v) is 3.57. The van der Waals surface area contributed by atoms with Crippen molar-refractivity contribution in [2.24, 2.45) is 5.10 Å². The Labute approximate surface area is 98.6 Å². The van der Waals surface area contributed by atoms with Crippen LogP contribution in [0.1, 0.15) is 27.7 Å². The lowest BCUT2D eigenvalue weighted by atomic mass is 10.1. The van der Waals surface area contributed by atoms with E-state index in [2.05, 4.69) is 18.9 Å². The minimum absolute atomic E-state index is 0.155. The van der Waals surface area contributed by atoms with Crippen molar-refractivity contribution in [2.75, 3.05) is 0 Å². The van der Waals surface area contributed by atoms with Gasteiger partial charge in [0.05, 0.1) is 0 Å². The Kier molecular flexibility index (Phi) is 2.31. The lowest BCUT2D eigenvalue weighted by Gasteiger charge is -2.25. The summed E-state index contributed by atoms with van der Waals surface area (Å²) in [5, 5.41) is 16.2. The first-order valence-electron chi connectivity index (χ1n) is 4.74. The van der Waals surface area contributed by atoms with Gasteiger partial charge in [-0.25, -0.2) is 0 Å². The first-order valence-corrected chi connectivity index (χ1v) is 5.96. The largest absolute Gasteiger partial charge is 0.311 e. The molecule has 2 aliphatic rings. The van der Waals surface area contributed by atoms with E-state index in [4.69, 9.17) is 12.2 Å². The van der Waals surface area contributed by atoms with Gasteiger partial charge in [0.2, 0.25) is 5.71 Å². The first-order chi connectivity index (χ1) is 6.84. The Morgan fingerprint density at radius 3 is 2.73 bits per heavy atom. The third kappa shape index (κ3) is 1.47. The van der Waals surface area contributed by atoms with Crippen LogP contribution in [0.2, 0.25) is 0 Å². The quantitative estimate of drug-likeness (QED) is 0.400. The molecule has 4 nitrogen and oxygen atoms in total. The second-order valence-electron chi connectivity index (χ2n) is 4.31. The van der Waals surface area contributed by atoms with Crippen LogP contribution in [0.15, 0.2) is 5.10 Å². The molecule has 0 aromatic heterocycles. The van der Waals surface area contributed by atoms with Gasteiger partial charge < -0.3 is 0 Å². The number of fused-ring (bicyclic) bond motifs is 1. The SMILES string of the molecule is CC1=NN2C(=S)SC(C)(C)C2[N+](O)=C1C. The van der Waals surface area contributed by atoms with Crippen LogP contribution in [0, 0.1) is 0 Å². The fraction of sp³-hybridized carbons (Fsp3) is 0.667. The van der Waals surface area contributed by atoms with E-state index < -0.39 is 0 Å². The Hall–Kier alpha value is -0.620. The van der Waals surface area contributed by atoms with Gasteiger partial charge >= 0.3 is 6.17 Å². The molecule has 1 N–H and O–H groups in total. The van der Waals surface area contributed by atoms with Gasteiger partial charge in [-0.15, -0.1) is 0 Å². The molecule has 6 heteroatoms. The molecule has 0 aliphatic carbocycles. The highest BCUT2D eigenvalue weighted by Gasteiger charge is 2.55. The van der Waals surface area contributed by atoms with E-state index in [0.29, 0.717) is 0 Å². The maximum Gasteiger partial charge on any atom is 0.311 e. The Morgan fingerprint density at radius 2 is 2.13 bits per heavy atom. The highest BCUT2D eigenvalue weighted by Crippen LogP contribution is 2.42. The second-order valence-corrected chi connectivity index (χ2v) is 6.59. The molecule has 2 aliphatic heterocycles. The summed E-state index contributed by atoms with van der Waals surface area (Å²) in [6.45, 7) is 7.84. The number of hydrogen-bond acceptors (Lipinski definition) is 4. The Bertz CT molecular complexity index is 400. The van der Waals surface area contributed by atoms with Crippen molar-refractivity contribution in [1.82, 2.24) is 5.01 Å². The van der Waals surface area contributed by atoms with E-state index in [-0.39, 0.29) is 10.9 Å². The van der Waals surface area contributed by atoms with Crippen LogP contribution < -0.4 is 0 Å². The topological polar surface area (TPSA) is 38.8 Å². The molecule has 0 aromatic carbocycles. The van der Waals surface area contributed by atoms with Crippen molar-refractivity contribution in [1.29, 1.82) is 0 Å². The molecular weight excluding hydrogens is 230 g/mol. The van der Waals surface area contributed by atoms with Crippen molar-refractivity contribution in [3.05, 3.63) is 0 Å². The van der Waals surface area contributed by atoms with Gasteiger partial charge in [0.1, 0.15) is 10.5 Å². The van der Waals surface area contributed by atoms with Gasteiger partial charge in [-0.3, -0.25) is 5.21 Å². The number of thioether (sulfide) groups is 1. The van der Waals surface area contributed by atoms with Crippen molar-refractivity contribution >= 4 is 39.7 Å². The van der Waals surface area contributed by atoms with E-state index in [0.717, 1.165) is 15.7 Å². The summed E-state index contributed by atoms with van der Waals surface area (Å²) in [4.78, 5) is 0. The fourth-order valence-electron chi connectivity index (χ4n) is 1.80. The minimum atomic E-state index is -0.196. The standard InChI is InChI=1S/C9H14N3OS2/c1-5-6(2)12(13)7-9(3,4)15-8(14)11(7)10-5/h7,13H,1-4H3/q+1. The Morgan fingerprint density at radius 1 is 1.53 bits per heavy atom. The molecule has 2 heterocycles. The normalized spacial score (nSPS) is 29.3. The second kappa shape index (κ2) is 3.18. The van der Waals surface area contributed by atoms with E-state index in [1.54, 1.807) is 16.8 Å². The molecule has 1 fully saturated rings. The molecule has 0 bridgehead atoms. The summed E-state index contributed by atoms with van der Waals surface area (Å²) in [5.74, 6) is 0. The summed E-state index contributed by atoms with van der Waals surface area (Å²) in [5.41, 5.74) is 1.59. The highest BCUT2D eigenvalue weighted by molar-refractivity contribution is 8.24. The number of nitrogens with zero attached hydrogens (tertiary/aromatic N) is 3. The predicted molar refractivity (Wildman–Crippen MR) is 65.7 cm³/mol. The van der Waals surface area contributed by atoms with Crippen LogP contribution in [0.25, 0.3) is 0 Å². The molecule has 15 heavy (non-hydrogen) atoms. The average molecular weight is 244 g/mol. The Balaban J connectivity index is 2.52. The van der Waals surface area contributed by atoms with Crippen molar-refractivity contribution in [3.63, 3.8) is 0 Å². The summed E-state index contributed by atoms with van der Waals surface area (Å²) in [6, 6.07) is 0. The maximum absolute atomic E-state index is 10.1. The number of rotatable bonds is 0. The monoisotopic (exact) mass is 244 g/mol. The molecule has 0 saturated carbocycles. The molecule has 0 spiro atoms. The van der Waals surface area contributed by atoms with E-state index in [1.807, 2.05) is 13.8 Å². The van der Waals surface area contributed by atoms with Gasteiger partial charge in [0, 0.05) is 11.7 Å². The highest BCUT2D eigenvalue weighted by atomic mass is 32.2. The van der Waals surface area contributed by atoms with Crippen LogP contribution >= 0.6 is 24.0 Å². The molecule has 1 atom stereocenters. The van der Waals surface area contributed by atoms with E-state index in [1.165, 1.54) is 4.74 Å². The predicted octanol–water partition coefficient (Wildman–Crippen LogP) is 1.68. The van der Waals surface area contributed by atoms with Gasteiger partial charge in [-0.2, -0.15) is 10.1 Å². The first kappa shape index (κ1) is 10.9. The van der Waals surface area contributed by atoms with Crippen LogP contribution in [-0.2, 0) is 0 Å². The van der Waals surface area contributed by atoms with Gasteiger partial charge in [-0.1, -0.05) is 24.0 Å². The van der Waals surface area contributed by atoms with Crippen LogP contribution in [0.5, 0.6) is 0 Å². The zero-order valence-corrected chi connectivity index (χ0v) is 10.8. The van der Waals surface area contributed by atoms with Crippen LogP contribution in [-0.4, -0.2) is 41.6 Å². The van der Waals surface area contributed by atoms with Crippen LogP contribution in [0.4, 0.5) is 0 Å². The molecule has 0 radical (unpaired) electrons.